The zero-order valence-electron chi connectivity index (χ0n) is 18.1. The second-order valence-electron chi connectivity index (χ2n) is 8.27. The fourth-order valence-corrected chi connectivity index (χ4v) is 4.27. The second kappa shape index (κ2) is 10.1. The average Bonchev–Trinajstić information content (AvgIpc) is 2.79. The monoisotopic (exact) mass is 457 g/mol. The summed E-state index contributed by atoms with van der Waals surface area (Å²) >= 11 is 5.97. The van der Waals surface area contributed by atoms with Gasteiger partial charge in [0.2, 0.25) is 5.91 Å². The van der Waals surface area contributed by atoms with Gasteiger partial charge in [-0.3, -0.25) is 4.79 Å². The minimum atomic E-state index is -0.137. The summed E-state index contributed by atoms with van der Waals surface area (Å²) in [6.07, 6.45) is 2.06. The number of ether oxygens (including phenoxy) is 2. The Kier molecular flexibility index (Phi) is 7.05. The molecule has 0 bridgehead atoms. The van der Waals surface area contributed by atoms with E-state index in [4.69, 9.17) is 21.1 Å². The van der Waals surface area contributed by atoms with Crippen molar-refractivity contribution in [2.45, 2.75) is 32.2 Å². The number of hydrogen-bond donors (Lipinski definition) is 2. The van der Waals surface area contributed by atoms with Crippen LogP contribution in [0.1, 0.15) is 37.8 Å². The molecule has 2 aromatic carbocycles. The number of halogens is 1. The lowest BCUT2D eigenvalue weighted by atomic mass is 9.93. The molecule has 8 heteroatoms. The fraction of sp³-hybridized carbons (Fsp3) is 0.417. The van der Waals surface area contributed by atoms with Crippen LogP contribution >= 0.6 is 11.6 Å². The molecule has 0 radical (unpaired) electrons. The molecular weight excluding hydrogens is 430 g/mol. The number of hydrogen-bond acceptors (Lipinski definition) is 4. The van der Waals surface area contributed by atoms with E-state index >= 15 is 0 Å². The smallest absolute Gasteiger partial charge is 0.321 e. The van der Waals surface area contributed by atoms with E-state index in [0.717, 1.165) is 29.9 Å². The Morgan fingerprint density at radius 1 is 1.09 bits per heavy atom. The first-order valence-corrected chi connectivity index (χ1v) is 11.4. The molecule has 2 heterocycles. The van der Waals surface area contributed by atoms with Gasteiger partial charge in [-0.2, -0.15) is 0 Å². The van der Waals surface area contributed by atoms with Gasteiger partial charge in [-0.25, -0.2) is 4.79 Å². The lowest BCUT2D eigenvalue weighted by Gasteiger charge is -2.32. The average molecular weight is 458 g/mol. The van der Waals surface area contributed by atoms with E-state index in [9.17, 15) is 9.59 Å². The number of fused-ring (bicyclic) bond motifs is 1. The Morgan fingerprint density at radius 3 is 2.59 bits per heavy atom. The minimum absolute atomic E-state index is 0.0224. The normalized spacial score (nSPS) is 16.9. The molecule has 3 amide bonds. The number of amides is 3. The van der Waals surface area contributed by atoms with Crippen molar-refractivity contribution in [3.8, 4) is 11.5 Å². The maximum absolute atomic E-state index is 12.6. The first kappa shape index (κ1) is 22.3. The Morgan fingerprint density at radius 2 is 1.84 bits per heavy atom. The second-order valence-corrected chi connectivity index (χ2v) is 8.70. The Bertz CT molecular complexity index is 975. The summed E-state index contributed by atoms with van der Waals surface area (Å²) in [6.45, 7) is 4.31. The van der Waals surface area contributed by atoms with Crippen LogP contribution in [0, 0.1) is 5.92 Å². The van der Waals surface area contributed by atoms with Gasteiger partial charge in [0.15, 0.2) is 11.5 Å². The number of likely N-dealkylation sites (tertiary alicyclic amines) is 1. The predicted octanol–water partition coefficient (Wildman–Crippen LogP) is 4.62. The van der Waals surface area contributed by atoms with Crippen LogP contribution in [0.3, 0.4) is 0 Å². The highest BCUT2D eigenvalue weighted by molar-refractivity contribution is 6.30. The van der Waals surface area contributed by atoms with E-state index in [1.54, 1.807) is 23.1 Å². The molecule has 0 saturated carbocycles. The number of nitrogens with zero attached hydrogens (tertiary/aromatic N) is 1. The van der Waals surface area contributed by atoms with Crippen LogP contribution in [-0.2, 0) is 4.79 Å². The van der Waals surface area contributed by atoms with E-state index in [2.05, 4.69) is 10.6 Å². The van der Waals surface area contributed by atoms with Crippen LogP contribution in [0.2, 0.25) is 5.02 Å². The number of rotatable bonds is 5. The van der Waals surface area contributed by atoms with Crippen molar-refractivity contribution >= 4 is 29.2 Å². The van der Waals surface area contributed by atoms with E-state index in [0.29, 0.717) is 43.4 Å². The van der Waals surface area contributed by atoms with Gasteiger partial charge in [0.05, 0.1) is 6.04 Å². The molecule has 1 fully saturated rings. The van der Waals surface area contributed by atoms with E-state index in [1.165, 1.54) is 0 Å². The highest BCUT2D eigenvalue weighted by atomic mass is 35.5. The molecule has 0 unspecified atom stereocenters. The summed E-state index contributed by atoms with van der Waals surface area (Å²) in [6, 6.07) is 12.6. The number of urea groups is 1. The number of carbonyl (C=O) groups is 2. The number of anilines is 1. The topological polar surface area (TPSA) is 79.9 Å². The molecule has 2 N–H and O–H groups in total. The van der Waals surface area contributed by atoms with Crippen LogP contribution in [0.4, 0.5) is 10.5 Å². The van der Waals surface area contributed by atoms with E-state index < -0.39 is 0 Å². The molecule has 1 atom stereocenters. The number of carbonyl (C=O) groups excluding carboxylic acids is 2. The van der Waals surface area contributed by atoms with Gasteiger partial charge >= 0.3 is 6.03 Å². The van der Waals surface area contributed by atoms with Gasteiger partial charge < -0.3 is 25.0 Å². The van der Waals surface area contributed by atoms with Crippen molar-refractivity contribution in [3.05, 3.63) is 53.1 Å². The Labute approximate surface area is 193 Å². The lowest BCUT2D eigenvalue weighted by molar-refractivity contribution is -0.122. The van der Waals surface area contributed by atoms with Crippen molar-refractivity contribution in [3.63, 3.8) is 0 Å². The zero-order valence-corrected chi connectivity index (χ0v) is 18.9. The van der Waals surface area contributed by atoms with Crippen LogP contribution in [-0.4, -0.2) is 43.1 Å². The predicted molar refractivity (Wildman–Crippen MR) is 123 cm³/mol. The van der Waals surface area contributed by atoms with E-state index in [1.807, 2.05) is 31.2 Å². The van der Waals surface area contributed by atoms with Crippen molar-refractivity contribution in [2.24, 2.45) is 5.92 Å². The number of benzene rings is 2. The van der Waals surface area contributed by atoms with Gasteiger partial charge in [0, 0.05) is 30.2 Å². The zero-order chi connectivity index (χ0) is 22.5. The highest BCUT2D eigenvalue weighted by Gasteiger charge is 2.25. The molecule has 4 rings (SSSR count). The number of piperidine rings is 1. The molecule has 170 valence electrons. The minimum Gasteiger partial charge on any atom is -0.486 e. The Balaban J connectivity index is 1.22. The van der Waals surface area contributed by atoms with Crippen molar-refractivity contribution in [1.82, 2.24) is 10.2 Å². The molecule has 32 heavy (non-hydrogen) atoms. The van der Waals surface area contributed by atoms with Crippen molar-refractivity contribution < 1.29 is 19.1 Å². The molecule has 2 aliphatic heterocycles. The van der Waals surface area contributed by atoms with Gasteiger partial charge in [0.1, 0.15) is 13.2 Å². The quantitative estimate of drug-likeness (QED) is 0.686. The van der Waals surface area contributed by atoms with E-state index in [-0.39, 0.29) is 23.9 Å². The highest BCUT2D eigenvalue weighted by Crippen LogP contribution is 2.32. The molecule has 1 saturated heterocycles. The molecule has 7 nitrogen and oxygen atoms in total. The third-order valence-corrected chi connectivity index (χ3v) is 6.13. The largest absolute Gasteiger partial charge is 0.486 e. The summed E-state index contributed by atoms with van der Waals surface area (Å²) in [7, 11) is 0. The molecule has 0 aliphatic carbocycles. The van der Waals surface area contributed by atoms with Crippen LogP contribution in [0.5, 0.6) is 11.5 Å². The molecule has 2 aromatic rings. The molecule has 2 aliphatic rings. The summed E-state index contributed by atoms with van der Waals surface area (Å²) < 4.78 is 11.2. The third kappa shape index (κ3) is 5.65. The van der Waals surface area contributed by atoms with Crippen LogP contribution in [0.25, 0.3) is 0 Å². The van der Waals surface area contributed by atoms with Gasteiger partial charge in [-0.15, -0.1) is 0 Å². The molecule has 0 aromatic heterocycles. The number of nitrogens with one attached hydrogen (secondary N) is 2. The first-order chi connectivity index (χ1) is 15.5. The van der Waals surface area contributed by atoms with Crippen molar-refractivity contribution in [2.75, 3.05) is 31.6 Å². The molecule has 0 spiro atoms. The van der Waals surface area contributed by atoms with Gasteiger partial charge in [-0.1, -0.05) is 23.7 Å². The maximum atomic E-state index is 12.6. The molecular formula is C24H28ClN3O4. The summed E-state index contributed by atoms with van der Waals surface area (Å²) in [5, 5.41) is 6.54. The summed E-state index contributed by atoms with van der Waals surface area (Å²) in [4.78, 5) is 26.9. The SMILES string of the molecule is C[C@H](NC(=O)CC1CCN(C(=O)Nc2cccc(Cl)c2)CC1)c1ccc2c(c1)OCCO2. The maximum Gasteiger partial charge on any atom is 0.321 e. The van der Waals surface area contributed by atoms with Crippen LogP contribution < -0.4 is 20.1 Å². The van der Waals surface area contributed by atoms with Gasteiger partial charge in [-0.05, 0) is 61.6 Å². The summed E-state index contributed by atoms with van der Waals surface area (Å²) in [5.74, 6) is 1.75. The van der Waals surface area contributed by atoms with Crippen molar-refractivity contribution in [1.29, 1.82) is 0 Å². The lowest BCUT2D eigenvalue weighted by Crippen LogP contribution is -2.42. The standard InChI is InChI=1S/C24H28ClN3O4/c1-16(18-5-6-21-22(14-18)32-12-11-31-21)26-23(29)13-17-7-9-28(10-8-17)24(30)27-20-4-2-3-19(25)15-20/h2-6,14-17H,7-13H2,1H3,(H,26,29)(H,27,30)/t16-/m0/s1. The van der Waals surface area contributed by atoms with Gasteiger partial charge in [0.25, 0.3) is 0 Å². The van der Waals surface area contributed by atoms with Crippen LogP contribution in [0.15, 0.2) is 42.5 Å². The third-order valence-electron chi connectivity index (χ3n) is 5.90. The Hall–Kier alpha value is -2.93. The fourth-order valence-electron chi connectivity index (χ4n) is 4.08. The summed E-state index contributed by atoms with van der Waals surface area (Å²) in [5.41, 5.74) is 1.66. The first-order valence-electron chi connectivity index (χ1n) is 11.0.